The molecule has 4 saturated carbocycles. The van der Waals surface area contributed by atoms with Crippen molar-refractivity contribution in [1.82, 2.24) is 15.5 Å². The van der Waals surface area contributed by atoms with Gasteiger partial charge >= 0.3 is 5.97 Å². The van der Waals surface area contributed by atoms with Gasteiger partial charge in [0.05, 0.1) is 20.1 Å². The number of nitrogens with one attached hydrogen (secondary N) is 2. The van der Waals surface area contributed by atoms with E-state index in [1.807, 2.05) is 4.90 Å². The average Bonchev–Trinajstić information content (AvgIpc) is 2.56. The van der Waals surface area contributed by atoms with Crippen LogP contribution in [0, 0.1) is 17.8 Å². The molecule has 5 aliphatic rings. The Morgan fingerprint density at radius 2 is 1.81 bits per heavy atom. The van der Waals surface area contributed by atoms with Crippen molar-refractivity contribution in [2.45, 2.75) is 56.5 Å². The zero-order valence-electron chi connectivity index (χ0n) is 15.5. The van der Waals surface area contributed by atoms with Crippen LogP contribution in [0.3, 0.4) is 0 Å². The lowest BCUT2D eigenvalue weighted by molar-refractivity contribution is -0.147. The SMILES string of the molecule is COC(=O)C[C@@H]1C(=O)NCCN1CC(=O)NC12CC3CC(CC(C3)C1)C2. The van der Waals surface area contributed by atoms with Crippen molar-refractivity contribution in [2.75, 3.05) is 26.7 Å². The molecule has 2 N–H and O–H groups in total. The third kappa shape index (κ3) is 3.46. The van der Waals surface area contributed by atoms with Crippen molar-refractivity contribution < 1.29 is 19.1 Å². The maximum absolute atomic E-state index is 12.8. The number of nitrogens with zero attached hydrogens (tertiary/aromatic N) is 1. The Balaban J connectivity index is 1.39. The van der Waals surface area contributed by atoms with Crippen LogP contribution in [-0.4, -0.2) is 61.0 Å². The highest BCUT2D eigenvalue weighted by Crippen LogP contribution is 2.55. The Hall–Kier alpha value is -1.63. The Bertz CT molecular complexity index is 570. The van der Waals surface area contributed by atoms with Gasteiger partial charge in [0.1, 0.15) is 6.04 Å². The smallest absolute Gasteiger partial charge is 0.307 e. The van der Waals surface area contributed by atoms with E-state index in [0.717, 1.165) is 37.0 Å². The largest absolute Gasteiger partial charge is 0.469 e. The van der Waals surface area contributed by atoms with Gasteiger partial charge in [-0.1, -0.05) is 0 Å². The second-order valence-corrected chi connectivity index (χ2v) is 8.80. The summed E-state index contributed by atoms with van der Waals surface area (Å²) in [5.74, 6) is 1.66. The van der Waals surface area contributed by atoms with Crippen LogP contribution in [0.15, 0.2) is 0 Å². The van der Waals surface area contributed by atoms with Crippen LogP contribution in [0.2, 0.25) is 0 Å². The normalized spacial score (nSPS) is 38.7. The maximum atomic E-state index is 12.8. The summed E-state index contributed by atoms with van der Waals surface area (Å²) in [4.78, 5) is 38.4. The zero-order chi connectivity index (χ0) is 18.3. The number of amides is 2. The highest BCUT2D eigenvalue weighted by molar-refractivity contribution is 5.88. The Labute approximate surface area is 154 Å². The van der Waals surface area contributed by atoms with E-state index in [9.17, 15) is 14.4 Å². The van der Waals surface area contributed by atoms with Gasteiger partial charge < -0.3 is 15.4 Å². The van der Waals surface area contributed by atoms with E-state index >= 15 is 0 Å². The summed E-state index contributed by atoms with van der Waals surface area (Å²) in [5.41, 5.74) is -0.0261. The molecule has 144 valence electrons. The first-order chi connectivity index (χ1) is 12.5. The van der Waals surface area contributed by atoms with Gasteiger partial charge in [-0.15, -0.1) is 0 Å². The molecule has 0 spiro atoms. The van der Waals surface area contributed by atoms with Crippen molar-refractivity contribution in [3.63, 3.8) is 0 Å². The van der Waals surface area contributed by atoms with E-state index in [4.69, 9.17) is 4.74 Å². The highest BCUT2D eigenvalue weighted by Gasteiger charge is 2.51. The van der Waals surface area contributed by atoms with Gasteiger partial charge in [0.2, 0.25) is 11.8 Å². The predicted octanol–water partition coefficient (Wildman–Crippen LogP) is 0.435. The number of carbonyl (C=O) groups excluding carboxylic acids is 3. The Kier molecular flexibility index (Phi) is 4.67. The van der Waals surface area contributed by atoms with Crippen LogP contribution >= 0.6 is 0 Å². The number of rotatable bonds is 5. The highest BCUT2D eigenvalue weighted by atomic mass is 16.5. The molecule has 5 fully saturated rings. The van der Waals surface area contributed by atoms with E-state index in [0.29, 0.717) is 13.1 Å². The number of piperazine rings is 1. The van der Waals surface area contributed by atoms with Gasteiger partial charge in [0.25, 0.3) is 0 Å². The summed E-state index contributed by atoms with van der Waals surface area (Å²) in [6.07, 6.45) is 7.31. The number of hydrogen-bond donors (Lipinski definition) is 2. The molecule has 7 nitrogen and oxygen atoms in total. The number of esters is 1. The van der Waals surface area contributed by atoms with Crippen molar-refractivity contribution in [3.8, 4) is 0 Å². The zero-order valence-corrected chi connectivity index (χ0v) is 15.5. The minimum atomic E-state index is -0.627. The Morgan fingerprint density at radius 1 is 1.19 bits per heavy atom. The molecule has 2 amide bonds. The second kappa shape index (κ2) is 6.83. The van der Waals surface area contributed by atoms with Crippen LogP contribution < -0.4 is 10.6 Å². The van der Waals surface area contributed by atoms with Crippen molar-refractivity contribution in [1.29, 1.82) is 0 Å². The van der Waals surface area contributed by atoms with Gasteiger partial charge in [-0.05, 0) is 56.3 Å². The fourth-order valence-electron chi connectivity index (χ4n) is 6.20. The van der Waals surface area contributed by atoms with Gasteiger partial charge in [-0.25, -0.2) is 0 Å². The molecular weight excluding hydrogens is 334 g/mol. The van der Waals surface area contributed by atoms with Crippen molar-refractivity contribution in [3.05, 3.63) is 0 Å². The summed E-state index contributed by atoms with van der Waals surface area (Å²) in [6.45, 7) is 1.24. The molecule has 1 saturated heterocycles. The quantitative estimate of drug-likeness (QED) is 0.692. The number of ether oxygens (including phenoxy) is 1. The lowest BCUT2D eigenvalue weighted by atomic mass is 9.53. The minimum Gasteiger partial charge on any atom is -0.469 e. The summed E-state index contributed by atoms with van der Waals surface area (Å²) in [7, 11) is 1.31. The maximum Gasteiger partial charge on any atom is 0.307 e. The Morgan fingerprint density at radius 3 is 2.38 bits per heavy atom. The lowest BCUT2D eigenvalue weighted by Crippen LogP contribution is -2.63. The standard InChI is InChI=1S/C19H29N3O4/c1-26-17(24)7-15-18(25)20-2-3-22(15)11-16(23)21-19-8-12-4-13(9-19)6-14(5-12)10-19/h12-15H,2-11H2,1H3,(H,20,25)(H,21,23)/t12?,13?,14?,15-,19?/m1/s1. The number of carbonyl (C=O) groups is 3. The fraction of sp³-hybridized carbons (Fsp3) is 0.842. The molecule has 5 rings (SSSR count). The first-order valence-electron chi connectivity index (χ1n) is 9.86. The molecule has 1 aliphatic heterocycles. The van der Waals surface area contributed by atoms with E-state index < -0.39 is 12.0 Å². The van der Waals surface area contributed by atoms with Gasteiger partial charge in [0.15, 0.2) is 0 Å². The average molecular weight is 363 g/mol. The van der Waals surface area contributed by atoms with Crippen LogP contribution in [0.4, 0.5) is 0 Å². The van der Waals surface area contributed by atoms with Gasteiger partial charge in [-0.3, -0.25) is 19.3 Å². The van der Waals surface area contributed by atoms with E-state index in [1.165, 1.54) is 26.4 Å². The van der Waals surface area contributed by atoms with E-state index in [-0.39, 0.29) is 30.3 Å². The van der Waals surface area contributed by atoms with Crippen LogP contribution in [0.1, 0.15) is 44.9 Å². The van der Waals surface area contributed by atoms with E-state index in [2.05, 4.69) is 10.6 Å². The second-order valence-electron chi connectivity index (χ2n) is 8.80. The minimum absolute atomic E-state index is 0.0171. The third-order valence-corrected chi connectivity index (χ3v) is 6.82. The molecule has 0 aromatic heterocycles. The molecule has 0 unspecified atom stereocenters. The lowest BCUT2D eigenvalue weighted by Gasteiger charge is -2.57. The molecule has 4 bridgehead atoms. The number of methoxy groups -OCH3 is 1. The summed E-state index contributed by atoms with van der Waals surface area (Å²) >= 11 is 0. The first kappa shape index (κ1) is 17.8. The summed E-state index contributed by atoms with van der Waals surface area (Å²) < 4.78 is 4.70. The summed E-state index contributed by atoms with van der Waals surface area (Å²) in [6, 6.07) is -0.627. The predicted molar refractivity (Wildman–Crippen MR) is 94.0 cm³/mol. The van der Waals surface area contributed by atoms with Crippen molar-refractivity contribution in [2.24, 2.45) is 17.8 Å². The fourth-order valence-corrected chi connectivity index (χ4v) is 6.20. The number of hydrogen-bond acceptors (Lipinski definition) is 5. The molecule has 0 radical (unpaired) electrons. The van der Waals surface area contributed by atoms with E-state index in [1.54, 1.807) is 0 Å². The first-order valence-corrected chi connectivity index (χ1v) is 9.86. The molecule has 1 heterocycles. The van der Waals surface area contributed by atoms with Crippen LogP contribution in [0.25, 0.3) is 0 Å². The summed E-state index contributed by atoms with van der Waals surface area (Å²) in [5, 5.41) is 6.12. The molecule has 0 aromatic carbocycles. The van der Waals surface area contributed by atoms with Crippen molar-refractivity contribution >= 4 is 17.8 Å². The van der Waals surface area contributed by atoms with Gasteiger partial charge in [-0.2, -0.15) is 0 Å². The molecular formula is C19H29N3O4. The molecule has 7 heteroatoms. The topological polar surface area (TPSA) is 87.7 Å². The molecule has 26 heavy (non-hydrogen) atoms. The molecule has 1 atom stereocenters. The van der Waals surface area contributed by atoms with Crippen LogP contribution in [-0.2, 0) is 19.1 Å². The van der Waals surface area contributed by atoms with Gasteiger partial charge in [0, 0.05) is 18.6 Å². The van der Waals surface area contributed by atoms with Crippen LogP contribution in [0.5, 0.6) is 0 Å². The third-order valence-electron chi connectivity index (χ3n) is 6.82. The molecule has 4 aliphatic carbocycles. The molecule has 0 aromatic rings. The monoisotopic (exact) mass is 363 g/mol.